The fraction of sp³-hybridized carbons (Fsp3) is 0. The van der Waals surface area contributed by atoms with Crippen molar-refractivity contribution in [3.63, 3.8) is 0 Å². The number of carboxylic acids is 1. The molecule has 2 rings (SSSR count). The smallest absolute Gasteiger partial charge is 0.328 e. The lowest BCUT2D eigenvalue weighted by Gasteiger charge is -1.92. The summed E-state index contributed by atoms with van der Waals surface area (Å²) >= 11 is 5.86. The maximum absolute atomic E-state index is 10.4. The average molecular weight is 222 g/mol. The lowest BCUT2D eigenvalue weighted by Crippen LogP contribution is -1.84. The Balaban J connectivity index is 2.52. The highest BCUT2D eigenvalue weighted by atomic mass is 35.5. The summed E-state index contributed by atoms with van der Waals surface area (Å²) in [6, 6.07) is 5.44. The van der Waals surface area contributed by atoms with Gasteiger partial charge in [-0.05, 0) is 24.3 Å². The fourth-order valence-corrected chi connectivity index (χ4v) is 1.59. The number of carboxylic acid groups (broad SMARTS) is 1. The van der Waals surface area contributed by atoms with E-state index >= 15 is 0 Å². The lowest BCUT2D eigenvalue weighted by atomic mass is 10.1. The van der Waals surface area contributed by atoms with Gasteiger partial charge in [-0.1, -0.05) is 11.6 Å². The van der Waals surface area contributed by atoms with Crippen LogP contribution < -0.4 is 0 Å². The van der Waals surface area contributed by atoms with Gasteiger partial charge in [0.05, 0.1) is 0 Å². The van der Waals surface area contributed by atoms with Crippen LogP contribution in [0.15, 0.2) is 30.5 Å². The molecule has 0 aliphatic carbocycles. The predicted octanol–water partition coefficient (Wildman–Crippen LogP) is 2.92. The number of aliphatic carboxylic acids is 1. The van der Waals surface area contributed by atoms with Gasteiger partial charge in [0, 0.05) is 33.8 Å². The molecule has 0 aliphatic rings. The second-order valence-corrected chi connectivity index (χ2v) is 3.54. The fourth-order valence-electron chi connectivity index (χ4n) is 1.41. The van der Waals surface area contributed by atoms with Gasteiger partial charge in [0.25, 0.3) is 0 Å². The molecule has 15 heavy (non-hydrogen) atoms. The van der Waals surface area contributed by atoms with Crippen molar-refractivity contribution in [2.75, 3.05) is 0 Å². The molecule has 0 fully saturated rings. The van der Waals surface area contributed by atoms with Gasteiger partial charge in [-0.15, -0.1) is 0 Å². The molecule has 0 spiro atoms. The lowest BCUT2D eigenvalue weighted by molar-refractivity contribution is -0.131. The van der Waals surface area contributed by atoms with Gasteiger partial charge >= 0.3 is 5.97 Å². The number of H-pyrrole nitrogens is 1. The Hall–Kier alpha value is -1.74. The molecular formula is C11H8ClNO2. The minimum atomic E-state index is -0.966. The van der Waals surface area contributed by atoms with Crippen molar-refractivity contribution in [1.29, 1.82) is 0 Å². The molecule has 0 saturated heterocycles. The van der Waals surface area contributed by atoms with E-state index in [4.69, 9.17) is 16.7 Å². The van der Waals surface area contributed by atoms with E-state index in [-0.39, 0.29) is 0 Å². The molecule has 0 aliphatic heterocycles. The Bertz CT molecular complexity index is 543. The van der Waals surface area contributed by atoms with E-state index in [0.717, 1.165) is 22.5 Å². The van der Waals surface area contributed by atoms with E-state index in [1.165, 1.54) is 6.08 Å². The van der Waals surface area contributed by atoms with Crippen LogP contribution >= 0.6 is 11.6 Å². The first kappa shape index (κ1) is 9.80. The molecular weight excluding hydrogens is 214 g/mol. The zero-order valence-corrected chi connectivity index (χ0v) is 8.45. The van der Waals surface area contributed by atoms with Crippen LogP contribution in [0.3, 0.4) is 0 Å². The first-order valence-corrected chi connectivity index (χ1v) is 4.72. The number of carbonyl (C=O) groups is 1. The standard InChI is InChI=1S/C11H8ClNO2/c12-8-2-3-10-9(5-8)7(6-13-10)1-4-11(14)15/h1-6,13H,(H,14,15)/b4-1+. The van der Waals surface area contributed by atoms with Crippen molar-refractivity contribution in [2.24, 2.45) is 0 Å². The van der Waals surface area contributed by atoms with E-state index < -0.39 is 5.97 Å². The van der Waals surface area contributed by atoms with Crippen molar-refractivity contribution >= 4 is 34.5 Å². The topological polar surface area (TPSA) is 53.1 Å². The number of hydrogen-bond acceptors (Lipinski definition) is 1. The van der Waals surface area contributed by atoms with Crippen LogP contribution in [0, 0.1) is 0 Å². The predicted molar refractivity (Wildman–Crippen MR) is 60.0 cm³/mol. The summed E-state index contributed by atoms with van der Waals surface area (Å²) in [5, 5.41) is 10.1. The Labute approximate surface area is 91.0 Å². The normalized spacial score (nSPS) is 11.3. The number of aromatic amines is 1. The Kier molecular flexibility index (Phi) is 2.47. The molecule has 1 heterocycles. The zero-order chi connectivity index (χ0) is 10.8. The highest BCUT2D eigenvalue weighted by Crippen LogP contribution is 2.23. The van der Waals surface area contributed by atoms with Crippen molar-refractivity contribution in [2.45, 2.75) is 0 Å². The summed E-state index contributed by atoms with van der Waals surface area (Å²) in [6.07, 6.45) is 4.39. The van der Waals surface area contributed by atoms with E-state index in [2.05, 4.69) is 4.98 Å². The number of rotatable bonds is 2. The third-order valence-electron chi connectivity index (χ3n) is 2.08. The van der Waals surface area contributed by atoms with Gasteiger partial charge in [0.2, 0.25) is 0 Å². The van der Waals surface area contributed by atoms with E-state index in [1.807, 2.05) is 6.07 Å². The minimum Gasteiger partial charge on any atom is -0.478 e. The second-order valence-electron chi connectivity index (χ2n) is 3.11. The Morgan fingerprint density at radius 2 is 2.27 bits per heavy atom. The van der Waals surface area contributed by atoms with Crippen LogP contribution in [0.2, 0.25) is 5.02 Å². The molecule has 2 aromatic rings. The third kappa shape index (κ3) is 2.02. The molecule has 0 radical (unpaired) electrons. The minimum absolute atomic E-state index is 0.632. The number of fused-ring (bicyclic) bond motifs is 1. The molecule has 0 amide bonds. The highest BCUT2D eigenvalue weighted by Gasteiger charge is 2.01. The molecule has 0 unspecified atom stereocenters. The summed E-state index contributed by atoms with van der Waals surface area (Å²) < 4.78 is 0. The van der Waals surface area contributed by atoms with Crippen molar-refractivity contribution in [1.82, 2.24) is 4.98 Å². The third-order valence-corrected chi connectivity index (χ3v) is 2.32. The summed E-state index contributed by atoms with van der Waals surface area (Å²) in [4.78, 5) is 13.4. The average Bonchev–Trinajstić information content (AvgIpc) is 2.57. The van der Waals surface area contributed by atoms with Crippen LogP contribution in [0.4, 0.5) is 0 Å². The van der Waals surface area contributed by atoms with Gasteiger partial charge in [-0.2, -0.15) is 0 Å². The molecule has 1 aromatic heterocycles. The first-order valence-electron chi connectivity index (χ1n) is 4.34. The number of nitrogens with one attached hydrogen (secondary N) is 1. The van der Waals surface area contributed by atoms with Crippen LogP contribution in [-0.4, -0.2) is 16.1 Å². The van der Waals surface area contributed by atoms with Crippen LogP contribution in [0.1, 0.15) is 5.56 Å². The summed E-state index contributed by atoms with van der Waals surface area (Å²) in [5.74, 6) is -0.966. The maximum atomic E-state index is 10.4. The number of aromatic nitrogens is 1. The van der Waals surface area contributed by atoms with Gasteiger partial charge in [0.1, 0.15) is 0 Å². The SMILES string of the molecule is O=C(O)/C=C/c1c[nH]c2ccc(Cl)cc12. The van der Waals surface area contributed by atoms with Crippen LogP contribution in [-0.2, 0) is 4.79 Å². The summed E-state index contributed by atoms with van der Waals surface area (Å²) in [6.45, 7) is 0. The Morgan fingerprint density at radius 3 is 3.00 bits per heavy atom. The van der Waals surface area contributed by atoms with Gasteiger partial charge in [-0.3, -0.25) is 0 Å². The van der Waals surface area contributed by atoms with Crippen molar-refractivity contribution < 1.29 is 9.90 Å². The molecule has 0 bridgehead atoms. The van der Waals surface area contributed by atoms with E-state index in [1.54, 1.807) is 18.3 Å². The van der Waals surface area contributed by atoms with E-state index in [0.29, 0.717) is 5.02 Å². The van der Waals surface area contributed by atoms with Crippen molar-refractivity contribution in [3.05, 3.63) is 41.1 Å². The van der Waals surface area contributed by atoms with Crippen LogP contribution in [0.5, 0.6) is 0 Å². The largest absolute Gasteiger partial charge is 0.478 e. The molecule has 3 nitrogen and oxygen atoms in total. The molecule has 0 atom stereocenters. The monoisotopic (exact) mass is 221 g/mol. The molecule has 4 heteroatoms. The molecule has 2 N–H and O–H groups in total. The molecule has 76 valence electrons. The maximum Gasteiger partial charge on any atom is 0.328 e. The van der Waals surface area contributed by atoms with Crippen molar-refractivity contribution in [3.8, 4) is 0 Å². The quantitative estimate of drug-likeness (QED) is 0.766. The number of hydrogen-bond donors (Lipinski definition) is 2. The number of halogens is 1. The van der Waals surface area contributed by atoms with E-state index in [9.17, 15) is 4.79 Å². The van der Waals surface area contributed by atoms with Gasteiger partial charge < -0.3 is 10.1 Å². The first-order chi connectivity index (χ1) is 7.16. The van der Waals surface area contributed by atoms with Crippen LogP contribution in [0.25, 0.3) is 17.0 Å². The van der Waals surface area contributed by atoms with Gasteiger partial charge in [0.15, 0.2) is 0 Å². The molecule has 1 aromatic carbocycles. The second kappa shape index (κ2) is 3.79. The highest BCUT2D eigenvalue weighted by molar-refractivity contribution is 6.31. The summed E-state index contributed by atoms with van der Waals surface area (Å²) in [7, 11) is 0. The molecule has 0 saturated carbocycles. The number of benzene rings is 1. The van der Waals surface area contributed by atoms with Gasteiger partial charge in [-0.25, -0.2) is 4.79 Å². The summed E-state index contributed by atoms with van der Waals surface area (Å²) in [5.41, 5.74) is 1.75. The Morgan fingerprint density at radius 1 is 1.47 bits per heavy atom. The zero-order valence-electron chi connectivity index (χ0n) is 7.70.